The Hall–Kier alpha value is -2.64. The number of carbonyl (C=O) groups is 5. The molecule has 0 aliphatic heterocycles. The maximum atomic E-state index is 12.8. The summed E-state index contributed by atoms with van der Waals surface area (Å²) in [4.78, 5) is 61.1. The minimum absolute atomic E-state index is 0.00101. The van der Waals surface area contributed by atoms with Crippen LogP contribution in [0.2, 0.25) is 0 Å². The summed E-state index contributed by atoms with van der Waals surface area (Å²) < 4.78 is 5.48. The highest BCUT2D eigenvalue weighted by Crippen LogP contribution is 2.48. The fourth-order valence-electron chi connectivity index (χ4n) is 4.48. The van der Waals surface area contributed by atoms with Crippen LogP contribution in [0.4, 0.5) is 0 Å². The average molecular weight is 645 g/mol. The van der Waals surface area contributed by atoms with Gasteiger partial charge in [0.1, 0.15) is 11.3 Å². The van der Waals surface area contributed by atoms with E-state index >= 15 is 0 Å². The molecule has 0 aromatic heterocycles. The summed E-state index contributed by atoms with van der Waals surface area (Å²) in [6.07, 6.45) is 5.73. The largest absolute Gasteiger partial charge is 0.481 e. The molecule has 0 aromatic rings. The van der Waals surface area contributed by atoms with Crippen LogP contribution in [0, 0.1) is 5.41 Å². The topological polar surface area (TPSA) is 197 Å². The molecule has 0 bridgehead atoms. The summed E-state index contributed by atoms with van der Waals surface area (Å²) in [7, 11) is 0. The van der Waals surface area contributed by atoms with Gasteiger partial charge >= 0.3 is 11.9 Å². The number of nitrogens with two attached hydrogens (primary N) is 1. The molecule has 0 saturated heterocycles. The number of carboxylic acid groups (broad SMARTS) is 2. The predicted molar refractivity (Wildman–Crippen MR) is 173 cm³/mol. The molecule has 0 aliphatic carbocycles. The number of hydrogen-bond donors (Lipinski definition) is 6. The van der Waals surface area contributed by atoms with Crippen molar-refractivity contribution < 1.29 is 38.9 Å². The van der Waals surface area contributed by atoms with E-state index in [2.05, 4.69) is 16.0 Å². The first-order valence-electron chi connectivity index (χ1n) is 15.2. The first kappa shape index (κ1) is 41.4. The van der Waals surface area contributed by atoms with Gasteiger partial charge in [-0.1, -0.05) is 39.8 Å². The second kappa shape index (κ2) is 18.4. The van der Waals surface area contributed by atoms with Crippen LogP contribution in [0.15, 0.2) is 12.2 Å². The summed E-state index contributed by atoms with van der Waals surface area (Å²) >= 11 is 1.22. The molecule has 0 aliphatic rings. The second-order valence-electron chi connectivity index (χ2n) is 12.8. The lowest BCUT2D eigenvalue weighted by molar-refractivity contribution is -0.139. The van der Waals surface area contributed by atoms with Crippen LogP contribution < -0.4 is 21.7 Å². The molecule has 0 saturated carbocycles. The number of hydrogen-bond acceptors (Lipinski definition) is 8. The predicted octanol–water partition coefficient (Wildman–Crippen LogP) is 3.23. The van der Waals surface area contributed by atoms with Crippen LogP contribution in [-0.4, -0.2) is 86.7 Å². The van der Waals surface area contributed by atoms with Crippen molar-refractivity contribution in [3.63, 3.8) is 0 Å². The third kappa shape index (κ3) is 14.4. The summed E-state index contributed by atoms with van der Waals surface area (Å²) in [5.74, 6) is -3.77. The van der Waals surface area contributed by atoms with Gasteiger partial charge in [0.05, 0.1) is 12.1 Å². The van der Waals surface area contributed by atoms with Crippen molar-refractivity contribution in [2.24, 2.45) is 11.1 Å². The van der Waals surface area contributed by atoms with E-state index in [1.54, 1.807) is 13.8 Å². The van der Waals surface area contributed by atoms with Crippen molar-refractivity contribution in [3.8, 4) is 0 Å². The summed E-state index contributed by atoms with van der Waals surface area (Å²) in [5.41, 5.74) is 4.11. The van der Waals surface area contributed by atoms with E-state index in [0.717, 1.165) is 0 Å². The monoisotopic (exact) mass is 644 g/mol. The molecule has 254 valence electrons. The van der Waals surface area contributed by atoms with Gasteiger partial charge in [-0.05, 0) is 65.7 Å². The highest BCUT2D eigenvalue weighted by Gasteiger charge is 2.42. The fraction of sp³-hybridized carbons (Fsp3) is 0.774. The summed E-state index contributed by atoms with van der Waals surface area (Å²) in [6, 6.07) is -1.15. The molecular weight excluding hydrogens is 588 g/mol. The van der Waals surface area contributed by atoms with E-state index in [4.69, 9.17) is 15.6 Å². The van der Waals surface area contributed by atoms with Crippen molar-refractivity contribution in [1.82, 2.24) is 16.0 Å². The van der Waals surface area contributed by atoms with Gasteiger partial charge in [-0.3, -0.25) is 24.0 Å². The second-order valence-corrected chi connectivity index (χ2v) is 14.5. The molecule has 44 heavy (non-hydrogen) atoms. The molecule has 7 N–H and O–H groups in total. The van der Waals surface area contributed by atoms with Crippen LogP contribution >= 0.6 is 11.8 Å². The number of carboxylic acids is 2. The quantitative estimate of drug-likeness (QED) is 0.0952. The lowest BCUT2D eigenvalue weighted by Gasteiger charge is -2.43. The van der Waals surface area contributed by atoms with E-state index in [0.29, 0.717) is 32.3 Å². The van der Waals surface area contributed by atoms with E-state index < -0.39 is 56.8 Å². The number of rotatable bonds is 22. The van der Waals surface area contributed by atoms with E-state index in [9.17, 15) is 29.1 Å². The molecule has 0 rings (SSSR count). The van der Waals surface area contributed by atoms with Gasteiger partial charge in [-0.2, -0.15) is 0 Å². The Morgan fingerprint density at radius 1 is 0.955 bits per heavy atom. The van der Waals surface area contributed by atoms with Gasteiger partial charge in [0.15, 0.2) is 0 Å². The van der Waals surface area contributed by atoms with Gasteiger partial charge in [0.25, 0.3) is 0 Å². The molecule has 0 fully saturated rings. The van der Waals surface area contributed by atoms with Crippen molar-refractivity contribution >= 4 is 41.4 Å². The van der Waals surface area contributed by atoms with Crippen molar-refractivity contribution in [2.45, 2.75) is 128 Å². The molecule has 0 aromatic carbocycles. The molecule has 12 nitrogen and oxygen atoms in total. The molecule has 0 heterocycles. The Balaban J connectivity index is 5.05. The first-order chi connectivity index (χ1) is 20.2. The fourth-order valence-corrected chi connectivity index (χ4v) is 5.98. The number of amides is 3. The Morgan fingerprint density at radius 2 is 1.57 bits per heavy atom. The van der Waals surface area contributed by atoms with Gasteiger partial charge in [-0.15, -0.1) is 11.8 Å². The maximum Gasteiger partial charge on any atom is 0.317 e. The lowest BCUT2D eigenvalue weighted by Crippen LogP contribution is -2.54. The van der Waals surface area contributed by atoms with Crippen molar-refractivity contribution in [1.29, 1.82) is 0 Å². The third-order valence-corrected chi connectivity index (χ3v) is 10.2. The lowest BCUT2D eigenvalue weighted by atomic mass is 9.77. The zero-order chi connectivity index (χ0) is 34.4. The van der Waals surface area contributed by atoms with Gasteiger partial charge in [-0.25, -0.2) is 0 Å². The first-order valence-corrected chi connectivity index (χ1v) is 16.1. The minimum atomic E-state index is -1.15. The number of allylic oxidation sites excluding steroid dienone is 2. The Kier molecular flexibility index (Phi) is 17.3. The van der Waals surface area contributed by atoms with Crippen LogP contribution in [0.3, 0.4) is 0 Å². The van der Waals surface area contributed by atoms with Crippen LogP contribution in [0.1, 0.15) is 101 Å². The number of carbonyl (C=O) groups excluding carboxylic acids is 3. The van der Waals surface area contributed by atoms with Gasteiger partial charge in [0, 0.05) is 36.3 Å². The minimum Gasteiger partial charge on any atom is -0.481 e. The van der Waals surface area contributed by atoms with Crippen molar-refractivity contribution in [2.75, 3.05) is 19.7 Å². The number of nitrogens with one attached hydrogen (secondary N) is 3. The molecule has 3 amide bonds. The highest BCUT2D eigenvalue weighted by atomic mass is 32.2. The number of ether oxygens (including phenoxy) is 1. The molecule has 4 atom stereocenters. The van der Waals surface area contributed by atoms with E-state index in [-0.39, 0.29) is 31.3 Å². The zero-order valence-electron chi connectivity index (χ0n) is 28.0. The third-order valence-electron chi connectivity index (χ3n) is 8.25. The molecule has 0 spiro atoms. The van der Waals surface area contributed by atoms with Gasteiger partial charge in [0.2, 0.25) is 17.7 Å². The molecule has 0 radical (unpaired) electrons. The zero-order valence-corrected chi connectivity index (χ0v) is 28.8. The average Bonchev–Trinajstić information content (AvgIpc) is 2.92. The SMILES string of the molecule is CC=CC(C)(C)C(C)(CC)SC(CC(=O)NC(CN)C(=O)NCC(=O)NC(C)(C)CCOC(C)(CC)CCC(=O)O)C(=O)O. The Morgan fingerprint density at radius 3 is 2.05 bits per heavy atom. The van der Waals surface area contributed by atoms with Gasteiger partial charge < -0.3 is 36.6 Å². The normalized spacial score (nSPS) is 16.3. The summed E-state index contributed by atoms with van der Waals surface area (Å²) in [5, 5.41) is 25.6. The Labute approximate surface area is 267 Å². The van der Waals surface area contributed by atoms with Crippen LogP contribution in [-0.2, 0) is 28.7 Å². The maximum absolute atomic E-state index is 12.8. The molecule has 4 unspecified atom stereocenters. The highest BCUT2D eigenvalue weighted by molar-refractivity contribution is 8.02. The molecule has 13 heteroatoms. The molecular formula is C31H56N4O8S. The van der Waals surface area contributed by atoms with Crippen LogP contribution in [0.5, 0.6) is 0 Å². The van der Waals surface area contributed by atoms with E-state index in [1.165, 1.54) is 11.8 Å². The van der Waals surface area contributed by atoms with Crippen LogP contribution in [0.25, 0.3) is 0 Å². The Bertz CT molecular complexity index is 1020. The van der Waals surface area contributed by atoms with E-state index in [1.807, 2.05) is 60.6 Å². The number of aliphatic carboxylic acids is 2. The summed E-state index contributed by atoms with van der Waals surface area (Å²) in [6.45, 7) is 17.0. The smallest absolute Gasteiger partial charge is 0.317 e. The standard InChI is InChI=1S/C31H56N4O8S/c1-10-14-28(4,5)31(9,12-3)44-22(27(41)42)18-23(36)34-21(19-32)26(40)33-20-24(37)35-29(6,7)16-17-43-30(8,11-2)15-13-25(38)39/h10,14,21-22H,11-13,15-20,32H2,1-9H3,(H,33,40)(H,34,36)(H,35,37)(H,38,39)(H,41,42). The van der Waals surface area contributed by atoms with Crippen molar-refractivity contribution in [3.05, 3.63) is 12.2 Å². The number of thioether (sulfide) groups is 1.